The molecule has 1 N–H and O–H groups in total. The zero-order valence-electron chi connectivity index (χ0n) is 8.01. The highest BCUT2D eigenvalue weighted by Crippen LogP contribution is 2.23. The number of oxime groups is 1. The summed E-state index contributed by atoms with van der Waals surface area (Å²) in [7, 11) is 0. The summed E-state index contributed by atoms with van der Waals surface area (Å²) in [5.74, 6) is 0. The predicted molar refractivity (Wildman–Crippen MR) is 63.0 cm³/mol. The quantitative estimate of drug-likeness (QED) is 0.510. The van der Waals surface area contributed by atoms with Crippen LogP contribution in [0.1, 0.15) is 5.69 Å². The highest BCUT2D eigenvalue weighted by atomic mass is 35.5. The molecule has 0 saturated carbocycles. The monoisotopic (exact) mass is 255 g/mol. The minimum atomic E-state index is 0.187. The SMILES string of the molecule is O/N=C\c1c(Cl)nc(Cl)n1-c1ccccc1. The number of hydrogen-bond donors (Lipinski definition) is 1. The molecule has 0 aliphatic heterocycles. The molecule has 0 atom stereocenters. The van der Waals surface area contributed by atoms with Gasteiger partial charge >= 0.3 is 0 Å². The molecule has 16 heavy (non-hydrogen) atoms. The number of nitrogens with zero attached hydrogens (tertiary/aromatic N) is 3. The van der Waals surface area contributed by atoms with Crippen molar-refractivity contribution < 1.29 is 5.21 Å². The van der Waals surface area contributed by atoms with E-state index < -0.39 is 0 Å². The second kappa shape index (κ2) is 4.55. The molecule has 0 saturated heterocycles. The molecule has 6 heteroatoms. The Labute approximate surface area is 102 Å². The molecule has 0 fully saturated rings. The van der Waals surface area contributed by atoms with Gasteiger partial charge in [0.15, 0.2) is 5.15 Å². The summed E-state index contributed by atoms with van der Waals surface area (Å²) < 4.78 is 1.59. The molecule has 0 radical (unpaired) electrons. The Kier molecular flexibility index (Phi) is 3.12. The zero-order chi connectivity index (χ0) is 11.5. The summed E-state index contributed by atoms with van der Waals surface area (Å²) >= 11 is 11.8. The van der Waals surface area contributed by atoms with Crippen LogP contribution in [0.25, 0.3) is 5.69 Å². The summed E-state index contributed by atoms with van der Waals surface area (Å²) in [5.41, 5.74) is 1.22. The van der Waals surface area contributed by atoms with Crippen molar-refractivity contribution in [3.05, 3.63) is 46.5 Å². The Hall–Kier alpha value is -1.52. The molecular formula is C10H7Cl2N3O. The van der Waals surface area contributed by atoms with E-state index in [0.717, 1.165) is 5.69 Å². The lowest BCUT2D eigenvalue weighted by Crippen LogP contribution is -1.99. The van der Waals surface area contributed by atoms with Gasteiger partial charge in [-0.15, -0.1) is 0 Å². The Morgan fingerprint density at radius 2 is 1.94 bits per heavy atom. The maximum absolute atomic E-state index is 8.55. The maximum Gasteiger partial charge on any atom is 0.209 e. The normalized spacial score (nSPS) is 11.1. The molecule has 0 amide bonds. The van der Waals surface area contributed by atoms with Crippen LogP contribution in [0.15, 0.2) is 35.5 Å². The lowest BCUT2D eigenvalue weighted by atomic mass is 10.3. The molecule has 1 heterocycles. The fourth-order valence-corrected chi connectivity index (χ4v) is 1.90. The van der Waals surface area contributed by atoms with Crippen LogP contribution >= 0.6 is 23.2 Å². The molecule has 0 unspecified atom stereocenters. The van der Waals surface area contributed by atoms with E-state index in [0.29, 0.717) is 5.69 Å². The molecular weight excluding hydrogens is 249 g/mol. The molecule has 4 nitrogen and oxygen atoms in total. The topological polar surface area (TPSA) is 50.4 Å². The molecule has 0 spiro atoms. The van der Waals surface area contributed by atoms with E-state index in [1.807, 2.05) is 30.3 Å². The van der Waals surface area contributed by atoms with Gasteiger partial charge in [-0.05, 0) is 23.7 Å². The minimum Gasteiger partial charge on any atom is -0.411 e. The molecule has 2 rings (SSSR count). The second-order valence-electron chi connectivity index (χ2n) is 2.97. The Bertz CT molecular complexity index is 522. The van der Waals surface area contributed by atoms with Gasteiger partial charge in [0.25, 0.3) is 0 Å². The molecule has 1 aromatic heterocycles. The van der Waals surface area contributed by atoms with Crippen LogP contribution < -0.4 is 0 Å². The third-order valence-corrected chi connectivity index (χ3v) is 2.55. The van der Waals surface area contributed by atoms with Crippen LogP contribution in [0.3, 0.4) is 0 Å². The summed E-state index contributed by atoms with van der Waals surface area (Å²) in [6.07, 6.45) is 1.19. The molecule has 1 aromatic carbocycles. The highest BCUT2D eigenvalue weighted by Gasteiger charge is 2.14. The van der Waals surface area contributed by atoms with Crippen molar-refractivity contribution in [2.45, 2.75) is 0 Å². The molecule has 0 bridgehead atoms. The van der Waals surface area contributed by atoms with Crippen LogP contribution in [-0.2, 0) is 0 Å². The number of aromatic nitrogens is 2. The van der Waals surface area contributed by atoms with Gasteiger partial charge in [0, 0.05) is 5.69 Å². The van der Waals surface area contributed by atoms with E-state index >= 15 is 0 Å². The van der Waals surface area contributed by atoms with Gasteiger partial charge in [-0.25, -0.2) is 4.98 Å². The Morgan fingerprint density at radius 1 is 1.25 bits per heavy atom. The van der Waals surface area contributed by atoms with Crippen LogP contribution in [-0.4, -0.2) is 21.0 Å². The van der Waals surface area contributed by atoms with Crippen molar-refractivity contribution in [2.24, 2.45) is 5.16 Å². The number of halogens is 2. The third-order valence-electron chi connectivity index (χ3n) is 2.02. The largest absolute Gasteiger partial charge is 0.411 e. The molecule has 0 aliphatic carbocycles. The van der Waals surface area contributed by atoms with Gasteiger partial charge in [-0.1, -0.05) is 35.0 Å². The van der Waals surface area contributed by atoms with Crippen molar-refractivity contribution >= 4 is 29.4 Å². The third kappa shape index (κ3) is 1.89. The zero-order valence-corrected chi connectivity index (χ0v) is 9.52. The van der Waals surface area contributed by atoms with Gasteiger partial charge in [0.1, 0.15) is 5.69 Å². The predicted octanol–water partition coefficient (Wildman–Crippen LogP) is 2.99. The van der Waals surface area contributed by atoms with Crippen LogP contribution in [0.4, 0.5) is 0 Å². The van der Waals surface area contributed by atoms with E-state index in [9.17, 15) is 0 Å². The van der Waals surface area contributed by atoms with Crippen molar-refractivity contribution in [2.75, 3.05) is 0 Å². The summed E-state index contributed by atoms with van der Waals surface area (Å²) in [6.45, 7) is 0. The van der Waals surface area contributed by atoms with E-state index in [-0.39, 0.29) is 10.4 Å². The first-order chi connectivity index (χ1) is 7.74. The molecule has 2 aromatic rings. The van der Waals surface area contributed by atoms with Crippen molar-refractivity contribution in [1.29, 1.82) is 0 Å². The lowest BCUT2D eigenvalue weighted by Gasteiger charge is -2.05. The summed E-state index contributed by atoms with van der Waals surface area (Å²) in [5, 5.41) is 11.9. The summed E-state index contributed by atoms with van der Waals surface area (Å²) in [6, 6.07) is 9.30. The molecule has 82 valence electrons. The van der Waals surface area contributed by atoms with E-state index in [1.165, 1.54) is 6.21 Å². The number of hydrogen-bond acceptors (Lipinski definition) is 3. The summed E-state index contributed by atoms with van der Waals surface area (Å²) in [4.78, 5) is 3.90. The minimum absolute atomic E-state index is 0.187. The molecule has 0 aliphatic rings. The van der Waals surface area contributed by atoms with Gasteiger partial charge in [0.05, 0.1) is 6.21 Å². The first-order valence-electron chi connectivity index (χ1n) is 4.40. The number of imidazole rings is 1. The van der Waals surface area contributed by atoms with Crippen molar-refractivity contribution in [1.82, 2.24) is 9.55 Å². The fourth-order valence-electron chi connectivity index (χ4n) is 1.37. The average molecular weight is 256 g/mol. The van der Waals surface area contributed by atoms with Crippen molar-refractivity contribution in [3.8, 4) is 5.69 Å². The maximum atomic E-state index is 8.55. The lowest BCUT2D eigenvalue weighted by molar-refractivity contribution is 0.321. The highest BCUT2D eigenvalue weighted by molar-refractivity contribution is 6.34. The van der Waals surface area contributed by atoms with Crippen LogP contribution in [0.2, 0.25) is 10.4 Å². The smallest absolute Gasteiger partial charge is 0.209 e. The van der Waals surface area contributed by atoms with Gasteiger partial charge in [-0.2, -0.15) is 0 Å². The number of para-hydroxylation sites is 1. The Morgan fingerprint density at radius 3 is 2.56 bits per heavy atom. The van der Waals surface area contributed by atoms with E-state index in [1.54, 1.807) is 4.57 Å². The number of rotatable bonds is 2. The van der Waals surface area contributed by atoms with E-state index in [2.05, 4.69) is 10.1 Å². The second-order valence-corrected chi connectivity index (χ2v) is 3.67. The van der Waals surface area contributed by atoms with E-state index in [4.69, 9.17) is 28.4 Å². The standard InChI is InChI=1S/C10H7Cl2N3O/c11-9-8(6-13-16)15(10(12)14-9)7-4-2-1-3-5-7/h1-6,16H/b13-6-. The first kappa shape index (κ1) is 11.0. The van der Waals surface area contributed by atoms with Crippen LogP contribution in [0, 0.1) is 0 Å². The fraction of sp³-hybridized carbons (Fsp3) is 0. The van der Waals surface area contributed by atoms with Gasteiger partial charge in [-0.3, -0.25) is 4.57 Å². The first-order valence-corrected chi connectivity index (χ1v) is 5.16. The van der Waals surface area contributed by atoms with Gasteiger partial charge < -0.3 is 5.21 Å². The average Bonchev–Trinajstić information content (AvgIpc) is 2.56. The van der Waals surface area contributed by atoms with Crippen LogP contribution in [0.5, 0.6) is 0 Å². The number of benzene rings is 1. The van der Waals surface area contributed by atoms with Crippen molar-refractivity contribution in [3.63, 3.8) is 0 Å². The Balaban J connectivity index is 2.64. The van der Waals surface area contributed by atoms with Gasteiger partial charge in [0.2, 0.25) is 5.28 Å².